The molecule has 1 amide bonds. The molecule has 5 heteroatoms. The number of hydrogen-bond donors (Lipinski definition) is 2. The lowest BCUT2D eigenvalue weighted by Gasteiger charge is -2.07. The van der Waals surface area contributed by atoms with Crippen molar-refractivity contribution in [3.05, 3.63) is 59.2 Å². The molecule has 2 aromatic rings. The number of hydrogen-bond acceptors (Lipinski definition) is 4. The van der Waals surface area contributed by atoms with Gasteiger partial charge in [-0.3, -0.25) is 4.79 Å². The van der Waals surface area contributed by atoms with Crippen LogP contribution in [0, 0.1) is 26.2 Å². The van der Waals surface area contributed by atoms with Crippen molar-refractivity contribution in [2.45, 2.75) is 13.8 Å². The number of hydrazone groups is 1. The number of nitrogens with one attached hydrogen (secondary N) is 1. The monoisotopic (exact) mass is 336 g/mol. The molecule has 2 aromatic carbocycles. The molecule has 130 valence electrons. The highest BCUT2D eigenvalue weighted by molar-refractivity contribution is 5.80. The Morgan fingerprint density at radius 1 is 1.20 bits per heavy atom. The van der Waals surface area contributed by atoms with Crippen molar-refractivity contribution in [2.24, 2.45) is 5.10 Å². The fourth-order valence-corrected chi connectivity index (χ4v) is 2.13. The van der Waals surface area contributed by atoms with Crippen LogP contribution >= 0.6 is 0 Å². The van der Waals surface area contributed by atoms with Crippen LogP contribution in [0.25, 0.3) is 0 Å². The first kappa shape index (κ1) is 19.8. The summed E-state index contributed by atoms with van der Waals surface area (Å²) in [6.45, 7) is 4.38. The second-order valence-electron chi connectivity index (χ2n) is 5.34. The van der Waals surface area contributed by atoms with Gasteiger partial charge in [0.2, 0.25) is 6.41 Å². The maximum Gasteiger partial charge on any atom is 0.230 e. The van der Waals surface area contributed by atoms with Crippen LogP contribution in [0.5, 0.6) is 0 Å². The van der Waals surface area contributed by atoms with Crippen molar-refractivity contribution in [2.75, 3.05) is 24.6 Å². The van der Waals surface area contributed by atoms with E-state index in [1.807, 2.05) is 7.05 Å². The molecule has 0 spiro atoms. The number of benzene rings is 2. The van der Waals surface area contributed by atoms with Crippen molar-refractivity contribution in [3.8, 4) is 12.3 Å². The number of anilines is 2. The van der Waals surface area contributed by atoms with Crippen LogP contribution in [0.4, 0.5) is 11.4 Å². The van der Waals surface area contributed by atoms with Gasteiger partial charge in [-0.05, 0) is 42.7 Å². The summed E-state index contributed by atoms with van der Waals surface area (Å²) in [6, 6.07) is 13.4. The normalized spacial score (nSPS) is 9.68. The van der Waals surface area contributed by atoms with Crippen LogP contribution in [0.3, 0.4) is 0 Å². The molecule has 0 aliphatic heterocycles. The summed E-state index contributed by atoms with van der Waals surface area (Å²) in [5.41, 5.74) is 10.9. The van der Waals surface area contributed by atoms with Gasteiger partial charge in [0, 0.05) is 18.4 Å². The third-order valence-electron chi connectivity index (χ3n) is 3.40. The Balaban J connectivity index is 0.000000271. The van der Waals surface area contributed by atoms with E-state index in [1.165, 1.54) is 16.8 Å². The van der Waals surface area contributed by atoms with Gasteiger partial charge in [0.05, 0.1) is 6.21 Å². The van der Waals surface area contributed by atoms with E-state index in [2.05, 4.69) is 48.4 Å². The Morgan fingerprint density at radius 2 is 1.80 bits per heavy atom. The molecule has 3 N–H and O–H groups in total. The van der Waals surface area contributed by atoms with E-state index >= 15 is 0 Å². The predicted molar refractivity (Wildman–Crippen MR) is 106 cm³/mol. The van der Waals surface area contributed by atoms with Crippen molar-refractivity contribution in [1.82, 2.24) is 5.01 Å². The maximum atomic E-state index is 10.5. The van der Waals surface area contributed by atoms with Gasteiger partial charge in [-0.15, -0.1) is 6.42 Å². The van der Waals surface area contributed by atoms with E-state index < -0.39 is 0 Å². The van der Waals surface area contributed by atoms with Crippen LogP contribution in [0.15, 0.2) is 47.6 Å². The third-order valence-corrected chi connectivity index (χ3v) is 3.40. The number of carbonyl (C=O) groups is 1. The average molecular weight is 336 g/mol. The molecular formula is C20H24N4O. The summed E-state index contributed by atoms with van der Waals surface area (Å²) in [5.74, 6) is 2.33. The zero-order valence-electron chi connectivity index (χ0n) is 14.9. The Bertz CT molecular complexity index is 725. The van der Waals surface area contributed by atoms with Crippen molar-refractivity contribution >= 4 is 24.0 Å². The van der Waals surface area contributed by atoms with Gasteiger partial charge in [0.15, 0.2) is 0 Å². The number of para-hydroxylation sites is 1. The lowest BCUT2D eigenvalue weighted by Crippen LogP contribution is -2.15. The highest BCUT2D eigenvalue weighted by Gasteiger charge is 1.96. The van der Waals surface area contributed by atoms with Gasteiger partial charge >= 0.3 is 0 Å². The Kier molecular flexibility index (Phi) is 8.31. The summed E-state index contributed by atoms with van der Waals surface area (Å²) in [7, 11) is 1.95. The Labute approximate surface area is 149 Å². The number of amides is 1. The first-order chi connectivity index (χ1) is 12.0. The molecule has 0 heterocycles. The molecule has 0 radical (unpaired) electrons. The summed E-state index contributed by atoms with van der Waals surface area (Å²) in [6.07, 6.45) is 7.18. The van der Waals surface area contributed by atoms with Gasteiger partial charge in [-0.2, -0.15) is 5.10 Å². The van der Waals surface area contributed by atoms with E-state index in [9.17, 15) is 4.79 Å². The molecule has 0 saturated carbocycles. The van der Waals surface area contributed by atoms with E-state index in [4.69, 9.17) is 12.2 Å². The number of nitrogens with zero attached hydrogens (tertiary/aromatic N) is 2. The molecule has 0 atom stereocenters. The second-order valence-corrected chi connectivity index (χ2v) is 5.34. The van der Waals surface area contributed by atoms with Gasteiger partial charge in [0.25, 0.3) is 0 Å². The number of nitrogen functional groups attached to an aromatic ring is 1. The maximum absolute atomic E-state index is 10.5. The van der Waals surface area contributed by atoms with E-state index in [0.29, 0.717) is 12.1 Å². The van der Waals surface area contributed by atoms with E-state index in [0.717, 1.165) is 10.6 Å². The summed E-state index contributed by atoms with van der Waals surface area (Å²) < 4.78 is 0. The molecule has 0 aliphatic rings. The van der Waals surface area contributed by atoms with Crippen molar-refractivity contribution in [3.63, 3.8) is 0 Å². The summed E-state index contributed by atoms with van der Waals surface area (Å²) in [4.78, 5) is 10.5. The quantitative estimate of drug-likeness (QED) is 0.290. The molecule has 0 aliphatic carbocycles. The van der Waals surface area contributed by atoms with Crippen LogP contribution in [0.2, 0.25) is 0 Å². The zero-order valence-corrected chi connectivity index (χ0v) is 14.9. The minimum atomic E-state index is 0.162. The number of nitrogens with two attached hydrogens (primary N) is 1. The van der Waals surface area contributed by atoms with Crippen molar-refractivity contribution < 1.29 is 4.79 Å². The zero-order chi connectivity index (χ0) is 18.7. The van der Waals surface area contributed by atoms with E-state index in [-0.39, 0.29) is 6.54 Å². The molecular weight excluding hydrogens is 312 g/mol. The fraction of sp³-hybridized carbons (Fsp3) is 0.200. The fourth-order valence-electron chi connectivity index (χ4n) is 2.13. The van der Waals surface area contributed by atoms with Crippen molar-refractivity contribution in [1.29, 1.82) is 0 Å². The predicted octanol–water partition coefficient (Wildman–Crippen LogP) is 3.04. The van der Waals surface area contributed by atoms with Crippen LogP contribution < -0.4 is 11.1 Å². The Hall–Kier alpha value is -3.26. The van der Waals surface area contributed by atoms with Gasteiger partial charge < -0.3 is 11.1 Å². The Morgan fingerprint density at radius 3 is 2.24 bits per heavy atom. The summed E-state index contributed by atoms with van der Waals surface area (Å²) >= 11 is 0. The SMILES string of the molecule is C#CCN(C=O)/N=C/c1ccc(N)cc1.CNc1c(C)cccc1C. The van der Waals surface area contributed by atoms with Crippen LogP contribution in [-0.2, 0) is 4.79 Å². The summed E-state index contributed by atoms with van der Waals surface area (Å²) in [5, 5.41) is 8.19. The minimum Gasteiger partial charge on any atom is -0.399 e. The number of terminal acetylenes is 1. The third kappa shape index (κ3) is 6.80. The lowest BCUT2D eigenvalue weighted by molar-refractivity contribution is -0.117. The second kappa shape index (κ2) is 10.5. The highest BCUT2D eigenvalue weighted by atomic mass is 16.1. The topological polar surface area (TPSA) is 70.7 Å². The highest BCUT2D eigenvalue weighted by Crippen LogP contribution is 2.17. The minimum absolute atomic E-state index is 0.162. The average Bonchev–Trinajstić information content (AvgIpc) is 2.61. The molecule has 25 heavy (non-hydrogen) atoms. The standard InChI is InChI=1S/C11H11N3O.C9H13N/c1-2-7-14(9-15)13-8-10-3-5-11(12)6-4-10;1-7-5-4-6-8(2)9(7)10-3/h1,3-6,8-9H,7,12H2;4-6,10H,1-3H3/b13-8+;. The van der Waals surface area contributed by atoms with Crippen LogP contribution in [0.1, 0.15) is 16.7 Å². The first-order valence-corrected chi connectivity index (χ1v) is 7.80. The van der Waals surface area contributed by atoms with Gasteiger partial charge in [-0.1, -0.05) is 36.3 Å². The number of rotatable bonds is 5. The lowest BCUT2D eigenvalue weighted by atomic mass is 10.1. The van der Waals surface area contributed by atoms with E-state index in [1.54, 1.807) is 30.5 Å². The first-order valence-electron chi connectivity index (χ1n) is 7.80. The molecule has 0 unspecified atom stereocenters. The van der Waals surface area contributed by atoms with Gasteiger partial charge in [-0.25, -0.2) is 5.01 Å². The number of aryl methyl sites for hydroxylation is 2. The number of carbonyl (C=O) groups excluding carboxylic acids is 1. The molecule has 0 bridgehead atoms. The molecule has 0 aromatic heterocycles. The molecule has 0 fully saturated rings. The molecule has 5 nitrogen and oxygen atoms in total. The van der Waals surface area contributed by atoms with Gasteiger partial charge in [0.1, 0.15) is 6.54 Å². The largest absolute Gasteiger partial charge is 0.399 e. The van der Waals surface area contributed by atoms with Crippen LogP contribution in [-0.4, -0.2) is 31.2 Å². The molecule has 2 rings (SSSR count). The smallest absolute Gasteiger partial charge is 0.230 e. The molecule has 0 saturated heterocycles.